The standard InChI is InChI=1S/C14H8N2O4S/c17-14-12(8-11-5-2-6-21-11)15-13(20-14)9-3-1-4-10(7-9)16(18)19/h1-8H/b12-8+. The first kappa shape index (κ1) is 13.2. The molecule has 21 heavy (non-hydrogen) atoms. The molecule has 6 nitrogen and oxygen atoms in total. The van der Waals surface area contributed by atoms with Gasteiger partial charge in [0.25, 0.3) is 5.69 Å². The monoisotopic (exact) mass is 300 g/mol. The number of cyclic esters (lactones) is 1. The second kappa shape index (κ2) is 5.29. The van der Waals surface area contributed by atoms with Crippen molar-refractivity contribution < 1.29 is 14.5 Å². The number of nitro benzene ring substituents is 1. The predicted molar refractivity (Wildman–Crippen MR) is 78.0 cm³/mol. The Hall–Kier alpha value is -2.80. The molecule has 0 saturated carbocycles. The van der Waals surface area contributed by atoms with Crippen molar-refractivity contribution in [2.45, 2.75) is 0 Å². The van der Waals surface area contributed by atoms with E-state index in [2.05, 4.69) is 4.99 Å². The van der Waals surface area contributed by atoms with Crippen molar-refractivity contribution in [2.75, 3.05) is 0 Å². The Kier molecular flexibility index (Phi) is 3.33. The molecule has 7 heteroatoms. The Morgan fingerprint density at radius 3 is 2.86 bits per heavy atom. The van der Waals surface area contributed by atoms with E-state index in [1.165, 1.54) is 29.5 Å². The SMILES string of the molecule is O=C1OC(c2cccc([N+](=O)[O-])c2)=N/C1=C/c1cccs1. The fourth-order valence-electron chi connectivity index (χ4n) is 1.79. The van der Waals surface area contributed by atoms with Crippen LogP contribution < -0.4 is 0 Å². The number of carbonyl (C=O) groups excluding carboxylic acids is 1. The van der Waals surface area contributed by atoms with E-state index in [0.717, 1.165) is 4.88 Å². The van der Waals surface area contributed by atoms with Crippen LogP contribution >= 0.6 is 11.3 Å². The van der Waals surface area contributed by atoms with Crippen LogP contribution in [-0.4, -0.2) is 16.8 Å². The number of nitro groups is 1. The molecule has 0 atom stereocenters. The maximum atomic E-state index is 11.8. The Balaban J connectivity index is 1.95. The third-order valence-corrected chi connectivity index (χ3v) is 3.57. The maximum absolute atomic E-state index is 11.8. The van der Waals surface area contributed by atoms with E-state index < -0.39 is 10.9 Å². The molecule has 0 N–H and O–H groups in total. The van der Waals surface area contributed by atoms with Crippen molar-refractivity contribution in [3.8, 4) is 0 Å². The minimum atomic E-state index is -0.565. The lowest BCUT2D eigenvalue weighted by atomic mass is 10.2. The second-order valence-electron chi connectivity index (χ2n) is 4.16. The predicted octanol–water partition coefficient (Wildman–Crippen LogP) is 3.00. The van der Waals surface area contributed by atoms with Gasteiger partial charge in [0.1, 0.15) is 0 Å². The Bertz CT molecular complexity index is 778. The normalized spacial score (nSPS) is 15.9. The molecule has 1 aliphatic heterocycles. The van der Waals surface area contributed by atoms with Crippen LogP contribution in [0.3, 0.4) is 0 Å². The third-order valence-electron chi connectivity index (χ3n) is 2.75. The molecule has 1 aromatic heterocycles. The van der Waals surface area contributed by atoms with Gasteiger partial charge in [0.05, 0.1) is 4.92 Å². The zero-order chi connectivity index (χ0) is 14.8. The number of rotatable bonds is 3. The first-order chi connectivity index (χ1) is 10.1. The van der Waals surface area contributed by atoms with Crippen molar-refractivity contribution in [3.05, 3.63) is 68.0 Å². The molecule has 1 aliphatic rings. The molecule has 0 spiro atoms. The lowest BCUT2D eigenvalue weighted by molar-refractivity contribution is -0.384. The number of aliphatic imine (C=N–C) groups is 1. The summed E-state index contributed by atoms with van der Waals surface area (Å²) in [6.45, 7) is 0. The zero-order valence-corrected chi connectivity index (χ0v) is 11.4. The molecule has 3 rings (SSSR count). The largest absolute Gasteiger partial charge is 0.402 e. The molecule has 0 aliphatic carbocycles. The number of hydrogen-bond donors (Lipinski definition) is 0. The number of ether oxygens (including phenoxy) is 1. The summed E-state index contributed by atoms with van der Waals surface area (Å²) in [7, 11) is 0. The number of nitrogens with zero attached hydrogens (tertiary/aromatic N) is 2. The lowest BCUT2D eigenvalue weighted by Crippen LogP contribution is -2.05. The average molecular weight is 300 g/mol. The van der Waals surface area contributed by atoms with Crippen LogP contribution in [0, 0.1) is 10.1 Å². The van der Waals surface area contributed by atoms with Crippen molar-refractivity contribution in [3.63, 3.8) is 0 Å². The van der Waals surface area contributed by atoms with Gasteiger partial charge in [-0.3, -0.25) is 10.1 Å². The van der Waals surface area contributed by atoms with Crippen molar-refractivity contribution in [2.24, 2.45) is 4.99 Å². The van der Waals surface area contributed by atoms with E-state index in [4.69, 9.17) is 4.74 Å². The number of carbonyl (C=O) groups is 1. The van der Waals surface area contributed by atoms with Crippen LogP contribution in [0.2, 0.25) is 0 Å². The second-order valence-corrected chi connectivity index (χ2v) is 5.14. The summed E-state index contributed by atoms with van der Waals surface area (Å²) >= 11 is 1.47. The number of esters is 1. The van der Waals surface area contributed by atoms with E-state index in [-0.39, 0.29) is 17.3 Å². The van der Waals surface area contributed by atoms with Crippen LogP contribution in [0.25, 0.3) is 6.08 Å². The van der Waals surface area contributed by atoms with Crippen molar-refractivity contribution in [1.29, 1.82) is 0 Å². The highest BCUT2D eigenvalue weighted by Crippen LogP contribution is 2.22. The molecule has 2 aromatic rings. The molecular formula is C14H8N2O4S. The number of non-ortho nitro benzene ring substituents is 1. The van der Waals surface area contributed by atoms with Crippen molar-refractivity contribution >= 4 is 35.0 Å². The summed E-state index contributed by atoms with van der Waals surface area (Å²) in [6, 6.07) is 9.52. The molecule has 2 heterocycles. The van der Waals surface area contributed by atoms with Crippen LogP contribution in [0.5, 0.6) is 0 Å². The highest BCUT2D eigenvalue weighted by Gasteiger charge is 2.25. The molecule has 0 amide bonds. The van der Waals surface area contributed by atoms with Crippen LogP contribution in [-0.2, 0) is 9.53 Å². The number of thiophene rings is 1. The van der Waals surface area contributed by atoms with E-state index in [9.17, 15) is 14.9 Å². The summed E-state index contributed by atoms with van der Waals surface area (Å²) in [6.07, 6.45) is 1.62. The summed E-state index contributed by atoms with van der Waals surface area (Å²) in [5.41, 5.74) is 0.494. The van der Waals surface area contributed by atoms with Gasteiger partial charge in [-0.25, -0.2) is 9.79 Å². The minimum absolute atomic E-state index is 0.0755. The molecular weight excluding hydrogens is 292 g/mol. The Morgan fingerprint density at radius 1 is 1.29 bits per heavy atom. The molecule has 1 aromatic carbocycles. The highest BCUT2D eigenvalue weighted by atomic mass is 32.1. The average Bonchev–Trinajstić information content (AvgIpc) is 3.10. The topological polar surface area (TPSA) is 81.8 Å². The van der Waals surface area contributed by atoms with Crippen LogP contribution in [0.15, 0.2) is 52.5 Å². The van der Waals surface area contributed by atoms with Crippen LogP contribution in [0.1, 0.15) is 10.4 Å². The van der Waals surface area contributed by atoms with E-state index >= 15 is 0 Å². The fraction of sp³-hybridized carbons (Fsp3) is 0. The van der Waals surface area contributed by atoms with Gasteiger partial charge in [0, 0.05) is 22.6 Å². The summed E-state index contributed by atoms with van der Waals surface area (Å²) < 4.78 is 5.07. The van der Waals surface area contributed by atoms with Gasteiger partial charge in [-0.05, 0) is 23.6 Å². The molecule has 0 fully saturated rings. The smallest absolute Gasteiger partial charge is 0.363 e. The minimum Gasteiger partial charge on any atom is -0.402 e. The lowest BCUT2D eigenvalue weighted by Gasteiger charge is -1.98. The van der Waals surface area contributed by atoms with Gasteiger partial charge in [0.2, 0.25) is 5.90 Å². The van der Waals surface area contributed by atoms with Gasteiger partial charge in [-0.2, -0.15) is 0 Å². The van der Waals surface area contributed by atoms with Crippen LogP contribution in [0.4, 0.5) is 5.69 Å². The first-order valence-corrected chi connectivity index (χ1v) is 6.82. The van der Waals surface area contributed by atoms with Gasteiger partial charge in [0.15, 0.2) is 5.70 Å². The van der Waals surface area contributed by atoms with E-state index in [0.29, 0.717) is 5.56 Å². The van der Waals surface area contributed by atoms with Gasteiger partial charge in [-0.15, -0.1) is 11.3 Å². The van der Waals surface area contributed by atoms with E-state index in [1.54, 1.807) is 12.1 Å². The zero-order valence-electron chi connectivity index (χ0n) is 10.6. The van der Waals surface area contributed by atoms with Gasteiger partial charge >= 0.3 is 5.97 Å². The Labute approximate surface area is 123 Å². The molecule has 0 radical (unpaired) electrons. The quantitative estimate of drug-likeness (QED) is 0.377. The van der Waals surface area contributed by atoms with E-state index in [1.807, 2.05) is 17.5 Å². The van der Waals surface area contributed by atoms with Gasteiger partial charge < -0.3 is 4.74 Å². The third kappa shape index (κ3) is 2.72. The Morgan fingerprint density at radius 2 is 2.14 bits per heavy atom. The maximum Gasteiger partial charge on any atom is 0.363 e. The summed E-state index contributed by atoms with van der Waals surface area (Å²) in [4.78, 5) is 27.0. The summed E-state index contributed by atoms with van der Waals surface area (Å²) in [5.74, 6) is -0.489. The van der Waals surface area contributed by atoms with Crippen molar-refractivity contribution in [1.82, 2.24) is 0 Å². The van der Waals surface area contributed by atoms with Gasteiger partial charge in [-0.1, -0.05) is 12.1 Å². The number of hydrogen-bond acceptors (Lipinski definition) is 6. The first-order valence-electron chi connectivity index (χ1n) is 5.94. The highest BCUT2D eigenvalue weighted by molar-refractivity contribution is 7.10. The molecule has 0 saturated heterocycles. The number of benzene rings is 1. The molecule has 0 bridgehead atoms. The molecule has 0 unspecified atom stereocenters. The summed E-state index contributed by atoms with van der Waals surface area (Å²) in [5, 5.41) is 12.6. The fourth-order valence-corrected chi connectivity index (χ4v) is 2.44. The molecule has 104 valence electrons.